The number of nitriles is 1. The van der Waals surface area contributed by atoms with E-state index >= 15 is 4.39 Å². The molecule has 0 fully saturated rings. The summed E-state index contributed by atoms with van der Waals surface area (Å²) in [5.41, 5.74) is 5.24. The van der Waals surface area contributed by atoms with Crippen LogP contribution < -0.4 is 0 Å². The zero-order valence-electron chi connectivity index (χ0n) is 18.2. The quantitative estimate of drug-likeness (QED) is 0.309. The zero-order chi connectivity index (χ0) is 22.5. The maximum atomic E-state index is 15.1. The standard InChI is InChI=1S/C29H25F2N/c1-2-20-3-5-21(6-4-20)7-8-22-11-16-27-25(17-22)15-14-24(29(27)31)12-9-23-10-13-26(19-32)28(30)18-23/h3-6,10-11,13-18H,2,7-9,12H2,1H3. The van der Waals surface area contributed by atoms with Crippen molar-refractivity contribution in [3.63, 3.8) is 0 Å². The first kappa shape index (κ1) is 21.7. The Kier molecular flexibility index (Phi) is 6.61. The second-order valence-electron chi connectivity index (χ2n) is 8.19. The van der Waals surface area contributed by atoms with Crippen molar-refractivity contribution < 1.29 is 8.78 Å². The number of benzene rings is 4. The van der Waals surface area contributed by atoms with E-state index in [0.717, 1.165) is 30.2 Å². The van der Waals surface area contributed by atoms with Gasteiger partial charge in [-0.25, -0.2) is 8.78 Å². The van der Waals surface area contributed by atoms with Gasteiger partial charge in [-0.05, 0) is 77.4 Å². The number of hydrogen-bond acceptors (Lipinski definition) is 1. The van der Waals surface area contributed by atoms with Gasteiger partial charge in [0.25, 0.3) is 0 Å². The van der Waals surface area contributed by atoms with Gasteiger partial charge in [-0.2, -0.15) is 5.26 Å². The molecule has 3 heteroatoms. The van der Waals surface area contributed by atoms with Crippen molar-refractivity contribution in [2.75, 3.05) is 0 Å². The van der Waals surface area contributed by atoms with Crippen molar-refractivity contribution in [2.45, 2.75) is 39.0 Å². The van der Waals surface area contributed by atoms with Crippen LogP contribution in [0.25, 0.3) is 10.8 Å². The highest BCUT2D eigenvalue weighted by Crippen LogP contribution is 2.24. The van der Waals surface area contributed by atoms with Crippen LogP contribution in [0, 0.1) is 23.0 Å². The number of fused-ring (bicyclic) bond motifs is 1. The van der Waals surface area contributed by atoms with E-state index < -0.39 is 5.82 Å². The van der Waals surface area contributed by atoms with Gasteiger partial charge in [-0.3, -0.25) is 0 Å². The lowest BCUT2D eigenvalue weighted by molar-refractivity contribution is 0.616. The van der Waals surface area contributed by atoms with Gasteiger partial charge in [-0.15, -0.1) is 0 Å². The summed E-state index contributed by atoms with van der Waals surface area (Å²) in [5.74, 6) is -0.740. The third kappa shape index (κ3) is 4.86. The number of nitrogens with zero attached hydrogens (tertiary/aromatic N) is 1. The molecule has 0 heterocycles. The largest absolute Gasteiger partial charge is 0.206 e. The molecule has 0 aromatic heterocycles. The molecule has 0 aliphatic carbocycles. The summed E-state index contributed by atoms with van der Waals surface area (Å²) < 4.78 is 28.9. The third-order valence-electron chi connectivity index (χ3n) is 6.07. The molecule has 0 radical (unpaired) electrons. The molecule has 0 amide bonds. The van der Waals surface area contributed by atoms with E-state index in [-0.39, 0.29) is 11.4 Å². The van der Waals surface area contributed by atoms with E-state index in [1.807, 2.05) is 30.3 Å². The molecular weight excluding hydrogens is 400 g/mol. The Bertz CT molecular complexity index is 1280. The van der Waals surface area contributed by atoms with Crippen LogP contribution in [0.15, 0.2) is 72.8 Å². The maximum absolute atomic E-state index is 15.1. The van der Waals surface area contributed by atoms with Crippen LogP contribution in [0.5, 0.6) is 0 Å². The van der Waals surface area contributed by atoms with Crippen LogP contribution in [0.4, 0.5) is 8.78 Å². The van der Waals surface area contributed by atoms with Crippen LogP contribution in [-0.2, 0) is 32.1 Å². The van der Waals surface area contributed by atoms with E-state index in [9.17, 15) is 4.39 Å². The monoisotopic (exact) mass is 425 g/mol. The van der Waals surface area contributed by atoms with Crippen molar-refractivity contribution >= 4 is 10.8 Å². The first-order valence-corrected chi connectivity index (χ1v) is 11.0. The fourth-order valence-electron chi connectivity index (χ4n) is 4.05. The Balaban J connectivity index is 1.45. The Labute approximate surface area is 188 Å². The molecule has 0 saturated heterocycles. The van der Waals surface area contributed by atoms with Gasteiger partial charge >= 0.3 is 0 Å². The maximum Gasteiger partial charge on any atom is 0.141 e. The lowest BCUT2D eigenvalue weighted by atomic mass is 9.97. The molecule has 0 unspecified atom stereocenters. The number of halogens is 2. The highest BCUT2D eigenvalue weighted by molar-refractivity contribution is 5.84. The summed E-state index contributed by atoms with van der Waals surface area (Å²) in [6.45, 7) is 2.15. The molecule has 4 aromatic carbocycles. The summed E-state index contributed by atoms with van der Waals surface area (Å²) in [7, 11) is 0. The molecule has 0 atom stereocenters. The SMILES string of the molecule is CCc1ccc(CCc2ccc3c(F)c(CCc4ccc(C#N)c(F)c4)ccc3c2)cc1. The Morgan fingerprint density at radius 2 is 1.31 bits per heavy atom. The summed E-state index contributed by atoms with van der Waals surface area (Å²) in [4.78, 5) is 0. The first-order valence-electron chi connectivity index (χ1n) is 11.0. The van der Waals surface area contributed by atoms with Gasteiger partial charge < -0.3 is 0 Å². The minimum Gasteiger partial charge on any atom is -0.206 e. The van der Waals surface area contributed by atoms with E-state index in [2.05, 4.69) is 37.3 Å². The van der Waals surface area contributed by atoms with E-state index in [4.69, 9.17) is 5.26 Å². The fourth-order valence-corrected chi connectivity index (χ4v) is 4.05. The zero-order valence-corrected chi connectivity index (χ0v) is 18.2. The molecule has 32 heavy (non-hydrogen) atoms. The average molecular weight is 426 g/mol. The van der Waals surface area contributed by atoms with Crippen LogP contribution in [-0.4, -0.2) is 0 Å². The molecule has 0 saturated carbocycles. The predicted octanol–water partition coefficient (Wildman–Crippen LogP) is 7.12. The van der Waals surface area contributed by atoms with Gasteiger partial charge in [0.05, 0.1) is 5.56 Å². The third-order valence-corrected chi connectivity index (χ3v) is 6.07. The highest BCUT2D eigenvalue weighted by Gasteiger charge is 2.10. The Morgan fingerprint density at radius 1 is 0.688 bits per heavy atom. The minimum absolute atomic E-state index is 0.0272. The normalized spacial score (nSPS) is 10.9. The van der Waals surface area contributed by atoms with Crippen molar-refractivity contribution in [1.82, 2.24) is 0 Å². The molecule has 1 nitrogen and oxygen atoms in total. The van der Waals surface area contributed by atoms with E-state index in [1.165, 1.54) is 28.8 Å². The van der Waals surface area contributed by atoms with Crippen molar-refractivity contribution in [3.8, 4) is 6.07 Å². The van der Waals surface area contributed by atoms with Crippen molar-refractivity contribution in [1.29, 1.82) is 5.26 Å². The predicted molar refractivity (Wildman–Crippen MR) is 126 cm³/mol. The van der Waals surface area contributed by atoms with Crippen molar-refractivity contribution in [3.05, 3.63) is 118 Å². The number of rotatable bonds is 7. The van der Waals surface area contributed by atoms with Crippen LogP contribution in [0.2, 0.25) is 0 Å². The summed E-state index contributed by atoms with van der Waals surface area (Å²) >= 11 is 0. The highest BCUT2D eigenvalue weighted by atomic mass is 19.1. The summed E-state index contributed by atoms with van der Waals surface area (Å²) in [6.07, 6.45) is 3.90. The first-order chi connectivity index (χ1) is 15.6. The lowest BCUT2D eigenvalue weighted by Gasteiger charge is -2.09. The molecule has 0 bridgehead atoms. The van der Waals surface area contributed by atoms with Crippen LogP contribution in [0.3, 0.4) is 0 Å². The van der Waals surface area contributed by atoms with E-state index in [1.54, 1.807) is 6.07 Å². The number of hydrogen-bond donors (Lipinski definition) is 0. The second kappa shape index (κ2) is 9.75. The molecule has 160 valence electrons. The minimum atomic E-state index is -0.530. The smallest absolute Gasteiger partial charge is 0.141 e. The molecule has 0 N–H and O–H groups in total. The lowest BCUT2D eigenvalue weighted by Crippen LogP contribution is -1.98. The van der Waals surface area contributed by atoms with E-state index in [0.29, 0.717) is 23.8 Å². The average Bonchev–Trinajstić information content (AvgIpc) is 2.82. The van der Waals surface area contributed by atoms with Crippen LogP contribution >= 0.6 is 0 Å². The molecule has 0 aliphatic rings. The molecule has 4 rings (SSSR count). The summed E-state index contributed by atoms with van der Waals surface area (Å²) in [6, 6.07) is 24.8. The van der Waals surface area contributed by atoms with Crippen LogP contribution in [0.1, 0.15) is 40.3 Å². The van der Waals surface area contributed by atoms with Gasteiger partial charge in [0.2, 0.25) is 0 Å². The fraction of sp³-hybridized carbons (Fsp3) is 0.207. The molecular formula is C29H25F2N. The van der Waals surface area contributed by atoms with Gasteiger partial charge in [0, 0.05) is 5.39 Å². The topological polar surface area (TPSA) is 23.8 Å². The summed E-state index contributed by atoms with van der Waals surface area (Å²) in [5, 5.41) is 10.4. The van der Waals surface area contributed by atoms with Crippen molar-refractivity contribution in [2.24, 2.45) is 0 Å². The second-order valence-corrected chi connectivity index (χ2v) is 8.19. The van der Waals surface area contributed by atoms with Gasteiger partial charge in [0.1, 0.15) is 17.7 Å². The number of aryl methyl sites for hydroxylation is 5. The Morgan fingerprint density at radius 3 is 2.03 bits per heavy atom. The van der Waals surface area contributed by atoms with Gasteiger partial charge in [-0.1, -0.05) is 67.6 Å². The Hall–Kier alpha value is -3.51. The molecule has 4 aromatic rings. The molecule has 0 spiro atoms. The molecule has 0 aliphatic heterocycles. The van der Waals surface area contributed by atoms with Gasteiger partial charge in [0.15, 0.2) is 0 Å².